The first-order chi connectivity index (χ1) is 14.7. The highest BCUT2D eigenvalue weighted by molar-refractivity contribution is 5.75. The summed E-state index contributed by atoms with van der Waals surface area (Å²) >= 11 is 0. The average molecular weight is 436 g/mol. The van der Waals surface area contributed by atoms with Crippen molar-refractivity contribution in [2.75, 3.05) is 18.4 Å². The van der Waals surface area contributed by atoms with Crippen LogP contribution in [0.5, 0.6) is 0 Å². The number of urea groups is 1. The van der Waals surface area contributed by atoms with Gasteiger partial charge in [0.05, 0.1) is 23.8 Å². The number of nitrogens with one attached hydrogen (secondary N) is 2. The van der Waals surface area contributed by atoms with Gasteiger partial charge in [-0.3, -0.25) is 0 Å². The number of amides is 2. The molecule has 3 rings (SSSR count). The van der Waals surface area contributed by atoms with Crippen LogP contribution in [0.1, 0.15) is 48.7 Å². The molecule has 2 amide bonds. The van der Waals surface area contributed by atoms with Gasteiger partial charge in [0.25, 0.3) is 0 Å². The van der Waals surface area contributed by atoms with Crippen LogP contribution in [0.2, 0.25) is 0 Å². The van der Waals surface area contributed by atoms with Crippen LogP contribution >= 0.6 is 0 Å². The van der Waals surface area contributed by atoms with Gasteiger partial charge in [-0.15, -0.1) is 0 Å². The van der Waals surface area contributed by atoms with Crippen LogP contribution in [0.15, 0.2) is 30.5 Å². The fraction of sp³-hybridized carbons (Fsp3) is 0.476. The number of nitrogens with zero attached hydrogens (tertiary/aromatic N) is 3. The molecule has 0 aliphatic carbocycles. The molecule has 1 aliphatic rings. The molecule has 1 aromatic heterocycles. The molecule has 1 aromatic carbocycles. The number of nitrogens with two attached hydrogens (primary N) is 1. The van der Waals surface area contributed by atoms with E-state index in [1.54, 1.807) is 11.1 Å². The molecule has 2 heterocycles. The van der Waals surface area contributed by atoms with Gasteiger partial charge in [-0.2, -0.15) is 13.2 Å². The first-order valence-electron chi connectivity index (χ1n) is 10.2. The number of rotatable bonds is 6. The van der Waals surface area contributed by atoms with Crippen LogP contribution in [0.4, 0.5) is 23.9 Å². The van der Waals surface area contributed by atoms with E-state index in [9.17, 15) is 18.0 Å². The van der Waals surface area contributed by atoms with Crippen molar-refractivity contribution in [2.45, 2.75) is 51.5 Å². The highest BCUT2D eigenvalue weighted by Crippen LogP contribution is 2.30. The lowest BCUT2D eigenvalue weighted by atomic mass is 10.0. The van der Waals surface area contributed by atoms with Crippen LogP contribution in [-0.2, 0) is 19.1 Å². The van der Waals surface area contributed by atoms with Gasteiger partial charge >= 0.3 is 12.2 Å². The van der Waals surface area contributed by atoms with Crippen molar-refractivity contribution in [1.82, 2.24) is 20.2 Å². The van der Waals surface area contributed by atoms with Crippen LogP contribution in [0.3, 0.4) is 0 Å². The molecular formula is C21H27F3N6O. The third-order valence-corrected chi connectivity index (χ3v) is 5.04. The van der Waals surface area contributed by atoms with Crippen molar-refractivity contribution in [1.29, 1.82) is 0 Å². The molecule has 7 nitrogen and oxygen atoms in total. The largest absolute Gasteiger partial charge is 0.416 e. The Hall–Kier alpha value is -2.88. The second kappa shape index (κ2) is 9.51. The van der Waals surface area contributed by atoms with Crippen LogP contribution in [0, 0.1) is 0 Å². The maximum Gasteiger partial charge on any atom is 0.416 e. The van der Waals surface area contributed by atoms with Gasteiger partial charge in [0.2, 0.25) is 5.95 Å². The molecule has 0 saturated carbocycles. The fourth-order valence-corrected chi connectivity index (χ4v) is 3.44. The Morgan fingerprint density at radius 3 is 2.58 bits per heavy atom. The van der Waals surface area contributed by atoms with Gasteiger partial charge in [0.1, 0.15) is 0 Å². The smallest absolute Gasteiger partial charge is 0.352 e. The summed E-state index contributed by atoms with van der Waals surface area (Å²) in [5.74, 6) is 0.516. The molecule has 1 aliphatic heterocycles. The van der Waals surface area contributed by atoms with Crippen LogP contribution in [0.25, 0.3) is 0 Å². The lowest BCUT2D eigenvalue weighted by Crippen LogP contribution is -2.44. The van der Waals surface area contributed by atoms with E-state index in [-0.39, 0.29) is 18.6 Å². The zero-order valence-electron chi connectivity index (χ0n) is 17.5. The second-order valence-electron chi connectivity index (χ2n) is 7.84. The molecule has 2 aromatic rings. The number of hydrogen-bond donors (Lipinski definition) is 3. The maximum atomic E-state index is 12.9. The predicted octanol–water partition coefficient (Wildman–Crippen LogP) is 3.47. The molecule has 31 heavy (non-hydrogen) atoms. The number of carbonyl (C=O) groups is 1. The van der Waals surface area contributed by atoms with Gasteiger partial charge in [0, 0.05) is 18.8 Å². The zero-order valence-corrected chi connectivity index (χ0v) is 17.5. The number of aromatic nitrogens is 2. The van der Waals surface area contributed by atoms with E-state index >= 15 is 0 Å². The number of benzene rings is 1. The Kier molecular flexibility index (Phi) is 6.99. The summed E-state index contributed by atoms with van der Waals surface area (Å²) in [6.45, 7) is 5.09. The van der Waals surface area contributed by atoms with Crippen molar-refractivity contribution >= 4 is 12.0 Å². The molecule has 10 heteroatoms. The summed E-state index contributed by atoms with van der Waals surface area (Å²) in [4.78, 5) is 23.4. The number of alkyl halides is 3. The minimum Gasteiger partial charge on any atom is -0.352 e. The highest BCUT2D eigenvalue weighted by Gasteiger charge is 2.30. The third kappa shape index (κ3) is 5.84. The quantitative estimate of drug-likeness (QED) is 0.644. The van der Waals surface area contributed by atoms with Crippen LogP contribution < -0.4 is 16.4 Å². The summed E-state index contributed by atoms with van der Waals surface area (Å²) in [5.41, 5.74) is 7.30. The summed E-state index contributed by atoms with van der Waals surface area (Å²) in [6, 6.07) is 4.19. The topological polar surface area (TPSA) is 96.2 Å². The standard InChI is InChI=1S/C21H27F3N6O/c1-13(2)27-19-26-11-15-8-10-30(12-18(15)28-19)20(31)29-17(7-9-25)14-3-5-16(6-4-14)21(22,23)24/h3-6,11,13,17H,7-10,12,25H2,1-2H3,(H,29,31)(H,26,27,28)/t17-/m1/s1. The van der Waals surface area contributed by atoms with Crippen molar-refractivity contribution in [3.63, 3.8) is 0 Å². The van der Waals surface area contributed by atoms with Crippen molar-refractivity contribution in [2.24, 2.45) is 5.73 Å². The summed E-state index contributed by atoms with van der Waals surface area (Å²) in [6.07, 6.45) is -1.59. The first-order valence-corrected chi connectivity index (χ1v) is 10.2. The molecule has 0 spiro atoms. The van der Waals surface area contributed by atoms with E-state index in [2.05, 4.69) is 20.6 Å². The average Bonchev–Trinajstić information content (AvgIpc) is 2.72. The molecule has 0 bridgehead atoms. The molecule has 0 unspecified atom stereocenters. The van der Waals surface area contributed by atoms with Gasteiger partial charge in [0.15, 0.2) is 0 Å². The second-order valence-corrected chi connectivity index (χ2v) is 7.84. The Balaban J connectivity index is 1.70. The van der Waals surface area contributed by atoms with Gasteiger partial charge in [-0.05, 0) is 56.5 Å². The van der Waals surface area contributed by atoms with Crippen LogP contribution in [-0.4, -0.2) is 40.0 Å². The number of hydrogen-bond acceptors (Lipinski definition) is 5. The van der Waals surface area contributed by atoms with Crippen molar-refractivity contribution < 1.29 is 18.0 Å². The lowest BCUT2D eigenvalue weighted by molar-refractivity contribution is -0.137. The van der Waals surface area contributed by atoms with Gasteiger partial charge < -0.3 is 21.3 Å². The Morgan fingerprint density at radius 1 is 1.26 bits per heavy atom. The minimum atomic E-state index is -4.41. The first kappa shape index (κ1) is 22.8. The van der Waals surface area contributed by atoms with E-state index in [0.29, 0.717) is 37.4 Å². The van der Waals surface area contributed by atoms with E-state index in [1.165, 1.54) is 12.1 Å². The van der Waals surface area contributed by atoms with Gasteiger partial charge in [-0.25, -0.2) is 14.8 Å². The van der Waals surface area contributed by atoms with E-state index in [0.717, 1.165) is 23.4 Å². The Bertz CT molecular complexity index is 901. The number of carbonyl (C=O) groups excluding carboxylic acids is 1. The monoisotopic (exact) mass is 436 g/mol. The normalized spacial score (nSPS) is 14.9. The number of halogens is 3. The van der Waals surface area contributed by atoms with Crippen molar-refractivity contribution in [3.8, 4) is 0 Å². The van der Waals surface area contributed by atoms with E-state index < -0.39 is 17.8 Å². The summed E-state index contributed by atoms with van der Waals surface area (Å²) < 4.78 is 38.5. The predicted molar refractivity (Wildman–Crippen MR) is 111 cm³/mol. The Labute approximate surface area is 179 Å². The number of anilines is 1. The third-order valence-electron chi connectivity index (χ3n) is 5.04. The van der Waals surface area contributed by atoms with Gasteiger partial charge in [-0.1, -0.05) is 12.1 Å². The minimum absolute atomic E-state index is 0.182. The zero-order chi connectivity index (χ0) is 22.6. The molecule has 0 radical (unpaired) electrons. The SMILES string of the molecule is CC(C)Nc1ncc2c(n1)CN(C(=O)N[C@H](CCN)c1ccc(C(F)(F)F)cc1)CC2. The molecule has 4 N–H and O–H groups in total. The summed E-state index contributed by atoms with van der Waals surface area (Å²) in [7, 11) is 0. The lowest BCUT2D eigenvalue weighted by Gasteiger charge is -2.30. The molecule has 1 atom stereocenters. The van der Waals surface area contributed by atoms with E-state index in [1.807, 2.05) is 13.8 Å². The maximum absolute atomic E-state index is 12.9. The molecular weight excluding hydrogens is 409 g/mol. The number of fused-ring (bicyclic) bond motifs is 1. The molecule has 0 fully saturated rings. The summed E-state index contributed by atoms with van der Waals surface area (Å²) in [5, 5.41) is 6.06. The fourth-order valence-electron chi connectivity index (χ4n) is 3.44. The molecule has 168 valence electrons. The highest BCUT2D eigenvalue weighted by atomic mass is 19.4. The van der Waals surface area contributed by atoms with Crippen molar-refractivity contribution in [3.05, 3.63) is 52.8 Å². The van der Waals surface area contributed by atoms with E-state index in [4.69, 9.17) is 5.73 Å². The molecule has 0 saturated heterocycles. The Morgan fingerprint density at radius 2 is 1.97 bits per heavy atom.